The standard InChI is InChI=1S/C25H24N4O3S2/c1-17-6-5-10-29-22(17)26-23(27-12-14-32-15-13-27)21(24(29)31)19-16-20(30)28(25(33)34-19)11-9-18-7-3-2-4-8-18/h2-8,10,16H,9,11-15H2,1H3. The Morgan fingerprint density at radius 2 is 1.85 bits per heavy atom. The minimum atomic E-state index is -0.212. The minimum Gasteiger partial charge on any atom is -0.378 e. The van der Waals surface area contributed by atoms with Crippen molar-refractivity contribution in [2.45, 2.75) is 19.9 Å². The molecule has 1 aliphatic rings. The molecule has 0 bridgehead atoms. The number of nitrogens with zero attached hydrogens (tertiary/aromatic N) is 4. The summed E-state index contributed by atoms with van der Waals surface area (Å²) in [5, 5.41) is 0. The molecule has 0 atom stereocenters. The number of pyridine rings is 1. The van der Waals surface area contributed by atoms with Gasteiger partial charge in [-0.15, -0.1) is 11.3 Å². The number of aromatic nitrogens is 3. The summed E-state index contributed by atoms with van der Waals surface area (Å²) in [4.78, 5) is 34.3. The maximum atomic E-state index is 13.7. The Labute approximate surface area is 205 Å². The van der Waals surface area contributed by atoms with Crippen LogP contribution in [-0.2, 0) is 17.7 Å². The van der Waals surface area contributed by atoms with E-state index >= 15 is 0 Å². The van der Waals surface area contributed by atoms with Gasteiger partial charge in [-0.3, -0.25) is 18.6 Å². The number of hydrogen-bond donors (Lipinski definition) is 0. The lowest BCUT2D eigenvalue weighted by Gasteiger charge is -2.29. The Hall–Kier alpha value is -3.14. The molecule has 5 rings (SSSR count). The van der Waals surface area contributed by atoms with Crippen LogP contribution in [0.15, 0.2) is 64.3 Å². The summed E-state index contributed by atoms with van der Waals surface area (Å²) in [5.41, 5.74) is 2.65. The third-order valence-corrected chi connectivity index (χ3v) is 7.40. The highest BCUT2D eigenvalue weighted by molar-refractivity contribution is 7.73. The van der Waals surface area contributed by atoms with Crippen LogP contribution in [0.3, 0.4) is 0 Å². The monoisotopic (exact) mass is 492 g/mol. The molecule has 0 unspecified atom stereocenters. The summed E-state index contributed by atoms with van der Waals surface area (Å²) in [6.07, 6.45) is 2.42. The van der Waals surface area contributed by atoms with E-state index in [0.29, 0.717) is 65.1 Å². The van der Waals surface area contributed by atoms with E-state index < -0.39 is 0 Å². The van der Waals surface area contributed by atoms with Crippen LogP contribution in [0.1, 0.15) is 11.1 Å². The molecule has 0 aliphatic carbocycles. The van der Waals surface area contributed by atoms with Gasteiger partial charge < -0.3 is 9.64 Å². The molecule has 34 heavy (non-hydrogen) atoms. The van der Waals surface area contributed by atoms with Crippen molar-refractivity contribution in [1.82, 2.24) is 14.0 Å². The Kier molecular flexibility index (Phi) is 6.40. The molecule has 0 radical (unpaired) electrons. The molecule has 3 aromatic heterocycles. The number of benzene rings is 1. The molecule has 1 aliphatic heterocycles. The number of hydrogen-bond acceptors (Lipinski definition) is 7. The van der Waals surface area contributed by atoms with Crippen LogP contribution < -0.4 is 16.0 Å². The Morgan fingerprint density at radius 1 is 1.09 bits per heavy atom. The molecule has 9 heteroatoms. The van der Waals surface area contributed by atoms with E-state index in [0.717, 1.165) is 11.1 Å². The molecule has 174 valence electrons. The summed E-state index contributed by atoms with van der Waals surface area (Å²) in [5.74, 6) is 0.578. The van der Waals surface area contributed by atoms with Crippen LogP contribution in [0.5, 0.6) is 0 Å². The predicted octanol–water partition coefficient (Wildman–Crippen LogP) is 3.70. The van der Waals surface area contributed by atoms with Crippen molar-refractivity contribution < 1.29 is 4.74 Å². The molecule has 0 saturated carbocycles. The molecule has 0 amide bonds. The smallest absolute Gasteiger partial charge is 0.268 e. The van der Waals surface area contributed by atoms with Crippen LogP contribution in [0, 0.1) is 10.9 Å². The molecule has 1 fully saturated rings. The van der Waals surface area contributed by atoms with E-state index in [4.69, 9.17) is 21.9 Å². The lowest BCUT2D eigenvalue weighted by molar-refractivity contribution is 0.122. The summed E-state index contributed by atoms with van der Waals surface area (Å²) in [6.45, 7) is 4.80. The fraction of sp³-hybridized carbons (Fsp3) is 0.280. The van der Waals surface area contributed by atoms with Crippen LogP contribution in [0.4, 0.5) is 5.82 Å². The number of fused-ring (bicyclic) bond motifs is 1. The van der Waals surface area contributed by atoms with Crippen molar-refractivity contribution in [2.24, 2.45) is 0 Å². The van der Waals surface area contributed by atoms with Gasteiger partial charge in [-0.25, -0.2) is 4.98 Å². The van der Waals surface area contributed by atoms with Crippen LogP contribution in [-0.4, -0.2) is 40.3 Å². The second-order valence-electron chi connectivity index (χ2n) is 8.20. The van der Waals surface area contributed by atoms with E-state index in [1.54, 1.807) is 15.2 Å². The van der Waals surface area contributed by atoms with Gasteiger partial charge in [0.2, 0.25) is 0 Å². The molecule has 1 saturated heterocycles. The predicted molar refractivity (Wildman–Crippen MR) is 138 cm³/mol. The summed E-state index contributed by atoms with van der Waals surface area (Å²) < 4.78 is 9.10. The first-order valence-corrected chi connectivity index (χ1v) is 12.4. The normalized spacial score (nSPS) is 14.0. The number of ether oxygens (including phenoxy) is 1. The quantitative estimate of drug-likeness (QED) is 0.396. The lowest BCUT2D eigenvalue weighted by atomic mass is 10.1. The third-order valence-electron chi connectivity index (χ3n) is 5.99. The van der Waals surface area contributed by atoms with Gasteiger partial charge in [-0.05, 0) is 42.8 Å². The van der Waals surface area contributed by atoms with Crippen molar-refractivity contribution in [3.8, 4) is 10.4 Å². The molecule has 0 spiro atoms. The second-order valence-corrected chi connectivity index (χ2v) is 9.88. The molecule has 1 aromatic carbocycles. The van der Waals surface area contributed by atoms with E-state index in [1.807, 2.05) is 49.4 Å². The fourth-order valence-electron chi connectivity index (χ4n) is 4.18. The molecular weight excluding hydrogens is 468 g/mol. The van der Waals surface area contributed by atoms with Gasteiger partial charge in [0.05, 0.1) is 18.1 Å². The van der Waals surface area contributed by atoms with Gasteiger partial charge in [0.15, 0.2) is 3.95 Å². The van der Waals surface area contributed by atoms with Crippen molar-refractivity contribution in [1.29, 1.82) is 0 Å². The zero-order valence-electron chi connectivity index (χ0n) is 18.8. The molecule has 7 nitrogen and oxygen atoms in total. The maximum Gasteiger partial charge on any atom is 0.268 e. The zero-order chi connectivity index (χ0) is 23.7. The molecule has 4 aromatic rings. The van der Waals surface area contributed by atoms with Crippen LogP contribution >= 0.6 is 23.6 Å². The highest BCUT2D eigenvalue weighted by atomic mass is 32.1. The lowest BCUT2D eigenvalue weighted by Crippen LogP contribution is -2.38. The molecule has 0 N–H and O–H groups in total. The summed E-state index contributed by atoms with van der Waals surface area (Å²) in [6, 6.07) is 15.3. The van der Waals surface area contributed by atoms with Gasteiger partial charge in [0.1, 0.15) is 17.0 Å². The van der Waals surface area contributed by atoms with Gasteiger partial charge >= 0.3 is 0 Å². The molecule has 4 heterocycles. The number of rotatable bonds is 5. The van der Waals surface area contributed by atoms with Crippen molar-refractivity contribution in [3.05, 3.63) is 90.5 Å². The van der Waals surface area contributed by atoms with Crippen LogP contribution in [0.2, 0.25) is 0 Å². The highest BCUT2D eigenvalue weighted by Crippen LogP contribution is 2.30. The van der Waals surface area contributed by atoms with E-state index in [-0.39, 0.29) is 11.1 Å². The largest absolute Gasteiger partial charge is 0.378 e. The summed E-state index contributed by atoms with van der Waals surface area (Å²) >= 11 is 6.90. The first-order chi connectivity index (χ1) is 16.5. The van der Waals surface area contributed by atoms with Crippen LogP contribution in [0.25, 0.3) is 16.1 Å². The highest BCUT2D eigenvalue weighted by Gasteiger charge is 2.23. The SMILES string of the molecule is Cc1cccn2c(=O)c(-c3cc(=O)n(CCc4ccccc4)c(=S)s3)c(N3CCOCC3)nc12. The van der Waals surface area contributed by atoms with E-state index in [9.17, 15) is 9.59 Å². The van der Waals surface area contributed by atoms with Gasteiger partial charge in [-0.2, -0.15) is 0 Å². The average molecular weight is 493 g/mol. The fourth-order valence-corrected chi connectivity index (χ4v) is 5.55. The number of morpholine rings is 1. The second kappa shape index (κ2) is 9.61. The number of aryl methyl sites for hydroxylation is 2. The Morgan fingerprint density at radius 3 is 2.59 bits per heavy atom. The van der Waals surface area contributed by atoms with Gasteiger partial charge in [0.25, 0.3) is 11.1 Å². The van der Waals surface area contributed by atoms with Crippen molar-refractivity contribution >= 4 is 35.0 Å². The van der Waals surface area contributed by atoms with E-state index in [1.165, 1.54) is 17.4 Å². The zero-order valence-corrected chi connectivity index (χ0v) is 20.4. The Balaban J connectivity index is 1.63. The Bertz CT molecular complexity index is 1490. The minimum absolute atomic E-state index is 0.206. The van der Waals surface area contributed by atoms with Gasteiger partial charge in [0, 0.05) is 31.9 Å². The van der Waals surface area contributed by atoms with Gasteiger partial charge in [-0.1, -0.05) is 36.4 Å². The van der Waals surface area contributed by atoms with E-state index in [2.05, 4.69) is 4.90 Å². The average Bonchev–Trinajstić information content (AvgIpc) is 2.85. The topological polar surface area (TPSA) is 68.8 Å². The van der Waals surface area contributed by atoms with Crippen molar-refractivity contribution in [2.75, 3.05) is 31.2 Å². The number of anilines is 1. The third kappa shape index (κ3) is 4.34. The first-order valence-electron chi connectivity index (χ1n) is 11.2. The summed E-state index contributed by atoms with van der Waals surface area (Å²) in [7, 11) is 0. The molecular formula is C25H24N4O3S2. The maximum absolute atomic E-state index is 13.7. The van der Waals surface area contributed by atoms with Crippen molar-refractivity contribution in [3.63, 3.8) is 0 Å². The first kappa shape index (κ1) is 22.6.